The van der Waals surface area contributed by atoms with Crippen molar-refractivity contribution >= 4 is 5.91 Å². The molecule has 3 heteroatoms. The van der Waals surface area contributed by atoms with Gasteiger partial charge in [0, 0.05) is 35.5 Å². The Labute approximate surface area is 203 Å². The Morgan fingerprint density at radius 3 is 1.71 bits per heavy atom. The lowest BCUT2D eigenvalue weighted by Crippen LogP contribution is -2.54. The quantitative estimate of drug-likeness (QED) is 0.480. The van der Waals surface area contributed by atoms with Gasteiger partial charge in [-0.25, -0.2) is 0 Å². The van der Waals surface area contributed by atoms with E-state index in [1.807, 2.05) is 30.3 Å². The molecule has 174 valence electrons. The summed E-state index contributed by atoms with van der Waals surface area (Å²) in [5.41, 5.74) is 3.72. The first-order chi connectivity index (χ1) is 16.8. The molecule has 2 atom stereocenters. The molecule has 0 spiro atoms. The summed E-state index contributed by atoms with van der Waals surface area (Å²) in [6, 6.07) is 32.1. The van der Waals surface area contributed by atoms with Crippen LogP contribution in [0.25, 0.3) is 0 Å². The van der Waals surface area contributed by atoms with Crippen molar-refractivity contribution in [3.05, 3.63) is 108 Å². The normalized spacial score (nSPS) is 29.2. The molecule has 3 aromatic carbocycles. The standard InChI is InChI=1S/C31H34N2O/c34-30(26-16-8-3-9-17-26)33-21-18-31(32-19-10-11-20-32)22-27(24-12-4-1-5-13-24)29(33)28(23-31)25-14-6-2-7-15-25/h1-9,12-17,27-29H,10-11,18-23H2/t27-,28-,29?,31?/m0/s1. The van der Waals surface area contributed by atoms with E-state index in [1.165, 1.54) is 37.1 Å². The van der Waals surface area contributed by atoms with Crippen molar-refractivity contribution in [1.82, 2.24) is 9.80 Å². The van der Waals surface area contributed by atoms with Gasteiger partial charge in [-0.3, -0.25) is 9.69 Å². The molecule has 4 aliphatic rings. The van der Waals surface area contributed by atoms with Gasteiger partial charge in [-0.1, -0.05) is 78.9 Å². The molecule has 3 aromatic rings. The first kappa shape index (κ1) is 21.6. The molecule has 34 heavy (non-hydrogen) atoms. The molecule has 3 saturated heterocycles. The maximum atomic E-state index is 14.0. The number of hydrogen-bond donors (Lipinski definition) is 0. The Balaban J connectivity index is 1.51. The van der Waals surface area contributed by atoms with Crippen molar-refractivity contribution in [2.45, 2.75) is 55.5 Å². The van der Waals surface area contributed by atoms with Crippen molar-refractivity contribution in [3.8, 4) is 0 Å². The molecule has 1 saturated carbocycles. The summed E-state index contributed by atoms with van der Waals surface area (Å²) < 4.78 is 0. The molecule has 2 bridgehead atoms. The number of carbonyl (C=O) groups is 1. The molecule has 1 amide bonds. The minimum atomic E-state index is 0.153. The lowest BCUT2D eigenvalue weighted by Gasteiger charge is -2.51. The van der Waals surface area contributed by atoms with Crippen LogP contribution >= 0.6 is 0 Å². The fourth-order valence-corrected chi connectivity index (χ4v) is 7.16. The topological polar surface area (TPSA) is 23.6 Å². The lowest BCUT2D eigenvalue weighted by atomic mass is 9.63. The van der Waals surface area contributed by atoms with Crippen LogP contribution in [-0.2, 0) is 0 Å². The highest BCUT2D eigenvalue weighted by Gasteiger charge is 2.55. The third-order valence-corrected chi connectivity index (χ3v) is 8.72. The van der Waals surface area contributed by atoms with Crippen LogP contribution in [0.3, 0.4) is 0 Å². The fraction of sp³-hybridized carbons (Fsp3) is 0.387. The van der Waals surface area contributed by atoms with Gasteiger partial charge in [-0.15, -0.1) is 0 Å². The summed E-state index contributed by atoms with van der Waals surface area (Å²) >= 11 is 0. The molecular formula is C31H34N2O. The molecule has 3 heterocycles. The highest BCUT2D eigenvalue weighted by atomic mass is 16.2. The largest absolute Gasteiger partial charge is 0.334 e. The zero-order valence-electron chi connectivity index (χ0n) is 19.9. The van der Waals surface area contributed by atoms with Crippen LogP contribution in [-0.4, -0.2) is 46.9 Å². The van der Waals surface area contributed by atoms with E-state index in [4.69, 9.17) is 0 Å². The number of rotatable bonds is 4. The van der Waals surface area contributed by atoms with Gasteiger partial charge in [0.1, 0.15) is 0 Å². The SMILES string of the molecule is O=C(c1ccccc1)N1CCC2(N3CCCC3)C[C@@H](c3ccccc3)C1[C@H](c1ccccc1)C2. The molecule has 7 rings (SSSR count). The first-order valence-electron chi connectivity index (χ1n) is 13.0. The third kappa shape index (κ3) is 3.76. The summed E-state index contributed by atoms with van der Waals surface area (Å²) in [7, 11) is 0. The Kier molecular flexibility index (Phi) is 5.74. The summed E-state index contributed by atoms with van der Waals surface area (Å²) in [5.74, 6) is 0.846. The van der Waals surface area contributed by atoms with E-state index in [1.54, 1.807) is 0 Å². The number of nitrogens with zero attached hydrogens (tertiary/aromatic N) is 2. The van der Waals surface area contributed by atoms with Crippen molar-refractivity contribution in [3.63, 3.8) is 0 Å². The van der Waals surface area contributed by atoms with E-state index in [9.17, 15) is 4.79 Å². The van der Waals surface area contributed by atoms with Crippen LogP contribution in [0.2, 0.25) is 0 Å². The van der Waals surface area contributed by atoms with Crippen molar-refractivity contribution < 1.29 is 4.79 Å². The molecular weight excluding hydrogens is 416 g/mol. The highest BCUT2D eigenvalue weighted by Crippen LogP contribution is 2.54. The predicted molar refractivity (Wildman–Crippen MR) is 137 cm³/mol. The molecule has 1 aliphatic carbocycles. The molecule has 0 radical (unpaired) electrons. The van der Waals surface area contributed by atoms with E-state index in [0.717, 1.165) is 31.4 Å². The lowest BCUT2D eigenvalue weighted by molar-refractivity contribution is 0.0423. The maximum absolute atomic E-state index is 14.0. The summed E-state index contributed by atoms with van der Waals surface area (Å²) in [5, 5.41) is 0. The van der Waals surface area contributed by atoms with Gasteiger partial charge in [-0.05, 0) is 68.5 Å². The third-order valence-electron chi connectivity index (χ3n) is 8.72. The molecule has 3 aliphatic heterocycles. The number of amides is 1. The van der Waals surface area contributed by atoms with Crippen molar-refractivity contribution in [2.24, 2.45) is 0 Å². The minimum Gasteiger partial charge on any atom is -0.334 e. The second-order valence-corrected chi connectivity index (χ2v) is 10.5. The number of benzene rings is 3. The van der Waals surface area contributed by atoms with E-state index >= 15 is 0 Å². The van der Waals surface area contributed by atoms with Crippen molar-refractivity contribution in [1.29, 1.82) is 0 Å². The van der Waals surface area contributed by atoms with Gasteiger partial charge >= 0.3 is 0 Å². The Morgan fingerprint density at radius 1 is 0.676 bits per heavy atom. The summed E-state index contributed by atoms with van der Waals surface area (Å²) in [6.45, 7) is 3.22. The zero-order chi connectivity index (χ0) is 23.0. The second-order valence-electron chi connectivity index (χ2n) is 10.5. The van der Waals surface area contributed by atoms with Gasteiger partial charge in [-0.2, -0.15) is 0 Å². The summed E-state index contributed by atoms with van der Waals surface area (Å²) in [6.07, 6.45) is 5.94. The van der Waals surface area contributed by atoms with Crippen LogP contribution in [0, 0.1) is 0 Å². The Morgan fingerprint density at radius 2 is 1.18 bits per heavy atom. The fourth-order valence-electron chi connectivity index (χ4n) is 7.16. The molecule has 3 nitrogen and oxygen atoms in total. The van der Waals surface area contributed by atoms with Gasteiger partial charge in [0.25, 0.3) is 5.91 Å². The monoisotopic (exact) mass is 450 g/mol. The van der Waals surface area contributed by atoms with Crippen LogP contribution in [0.15, 0.2) is 91.0 Å². The smallest absolute Gasteiger partial charge is 0.254 e. The van der Waals surface area contributed by atoms with E-state index in [2.05, 4.69) is 70.5 Å². The Hall–Kier alpha value is -2.91. The van der Waals surface area contributed by atoms with Crippen LogP contribution < -0.4 is 0 Å². The van der Waals surface area contributed by atoms with Crippen molar-refractivity contribution in [2.75, 3.05) is 19.6 Å². The summed E-state index contributed by atoms with van der Waals surface area (Å²) in [4.78, 5) is 19.1. The van der Waals surface area contributed by atoms with Gasteiger partial charge in [0.15, 0.2) is 0 Å². The van der Waals surface area contributed by atoms with Crippen LogP contribution in [0.1, 0.15) is 65.4 Å². The molecule has 0 aromatic heterocycles. The number of likely N-dealkylation sites (tertiary alicyclic amines) is 1. The molecule has 4 fully saturated rings. The van der Waals surface area contributed by atoms with E-state index in [0.29, 0.717) is 11.8 Å². The van der Waals surface area contributed by atoms with Gasteiger partial charge in [0.05, 0.1) is 0 Å². The number of carbonyl (C=O) groups excluding carboxylic acids is 1. The highest BCUT2D eigenvalue weighted by molar-refractivity contribution is 5.94. The number of fused-ring (bicyclic) bond motifs is 4. The van der Waals surface area contributed by atoms with Gasteiger partial charge < -0.3 is 4.90 Å². The maximum Gasteiger partial charge on any atom is 0.254 e. The van der Waals surface area contributed by atoms with Crippen LogP contribution in [0.5, 0.6) is 0 Å². The zero-order valence-corrected chi connectivity index (χ0v) is 19.9. The predicted octanol–water partition coefficient (Wildman–Crippen LogP) is 6.10. The minimum absolute atomic E-state index is 0.153. The molecule has 0 N–H and O–H groups in total. The number of hydrogen-bond acceptors (Lipinski definition) is 2. The Bertz CT molecular complexity index is 1060. The molecule has 0 unspecified atom stereocenters. The first-order valence-corrected chi connectivity index (χ1v) is 13.0. The van der Waals surface area contributed by atoms with Gasteiger partial charge in [0.2, 0.25) is 0 Å². The van der Waals surface area contributed by atoms with E-state index < -0.39 is 0 Å². The van der Waals surface area contributed by atoms with Crippen LogP contribution in [0.4, 0.5) is 0 Å². The van der Waals surface area contributed by atoms with E-state index in [-0.39, 0.29) is 17.5 Å². The average molecular weight is 451 g/mol. The second kappa shape index (κ2) is 9.03. The average Bonchev–Trinajstić information content (AvgIpc) is 3.35.